The van der Waals surface area contributed by atoms with Crippen LogP contribution in [0.4, 0.5) is 24.9 Å². The molecule has 3 heterocycles. The first-order valence-electron chi connectivity index (χ1n) is 11.0. The Bertz CT molecular complexity index is 1230. The summed E-state index contributed by atoms with van der Waals surface area (Å²) in [7, 11) is 2.09. The van der Waals surface area contributed by atoms with Crippen molar-refractivity contribution in [2.45, 2.75) is 19.7 Å². The second kappa shape index (κ2) is 10.2. The molecule has 1 N–H and O–H groups in total. The van der Waals surface area contributed by atoms with Crippen LogP contribution in [0.1, 0.15) is 17.7 Å². The normalized spacial score (nSPS) is 15.4. The highest BCUT2D eigenvalue weighted by atomic mass is 19.4. The van der Waals surface area contributed by atoms with E-state index in [0.717, 1.165) is 32.6 Å². The third-order valence-corrected chi connectivity index (χ3v) is 5.36. The Balaban J connectivity index is 1.42. The minimum Gasteiger partial charge on any atom is -0.406 e. The van der Waals surface area contributed by atoms with E-state index < -0.39 is 12.3 Å². The van der Waals surface area contributed by atoms with Crippen molar-refractivity contribution in [1.82, 2.24) is 24.8 Å². The minimum absolute atomic E-state index is 0.233. The minimum atomic E-state index is -4.76. The number of carbonyl (C=O) groups is 1. The molecule has 2 aromatic heterocycles. The van der Waals surface area contributed by atoms with E-state index in [1.165, 1.54) is 42.6 Å². The SMILES string of the molecule is Cc1nc(N2CCCN(C)CC2)nc2ncc(NC(=O)/C=C/c3ccc(OC(F)(F)F)cc3)nc12. The van der Waals surface area contributed by atoms with Gasteiger partial charge < -0.3 is 19.9 Å². The molecular weight excluding hydrogens is 463 g/mol. The maximum atomic E-state index is 12.3. The predicted molar refractivity (Wildman–Crippen MR) is 125 cm³/mol. The number of hydrogen-bond acceptors (Lipinski definition) is 8. The molecule has 1 fully saturated rings. The van der Waals surface area contributed by atoms with Gasteiger partial charge in [0.25, 0.3) is 0 Å². The summed E-state index contributed by atoms with van der Waals surface area (Å²) in [6, 6.07) is 5.14. The van der Waals surface area contributed by atoms with Crippen molar-refractivity contribution in [2.75, 3.05) is 43.4 Å². The summed E-state index contributed by atoms with van der Waals surface area (Å²) in [6.45, 7) is 5.47. The van der Waals surface area contributed by atoms with Crippen LogP contribution in [0, 0.1) is 6.92 Å². The lowest BCUT2D eigenvalue weighted by Crippen LogP contribution is -2.30. The zero-order chi connectivity index (χ0) is 25.0. The number of hydrogen-bond donors (Lipinski definition) is 1. The quantitative estimate of drug-likeness (QED) is 0.547. The summed E-state index contributed by atoms with van der Waals surface area (Å²) in [6.07, 6.45) is 0.387. The molecule has 0 spiro atoms. The van der Waals surface area contributed by atoms with Gasteiger partial charge in [0, 0.05) is 25.7 Å². The number of nitrogens with one attached hydrogen (secondary N) is 1. The second-order valence-corrected chi connectivity index (χ2v) is 8.12. The fraction of sp³-hybridized carbons (Fsp3) is 0.348. The molecule has 1 amide bonds. The average molecular weight is 487 g/mol. The number of amides is 1. The molecule has 0 unspecified atom stereocenters. The molecule has 0 saturated carbocycles. The molecule has 35 heavy (non-hydrogen) atoms. The number of fused-ring (bicyclic) bond motifs is 1. The number of anilines is 2. The molecular formula is C23H24F3N7O2. The van der Waals surface area contributed by atoms with E-state index in [0.29, 0.717) is 28.4 Å². The first-order chi connectivity index (χ1) is 16.7. The Hall–Kier alpha value is -3.80. The van der Waals surface area contributed by atoms with E-state index in [9.17, 15) is 18.0 Å². The summed E-state index contributed by atoms with van der Waals surface area (Å²) in [5.74, 6) is 0.0375. The number of rotatable bonds is 5. The molecule has 0 radical (unpaired) electrons. The monoisotopic (exact) mass is 487 g/mol. The van der Waals surface area contributed by atoms with Crippen LogP contribution in [0.2, 0.25) is 0 Å². The lowest BCUT2D eigenvalue weighted by atomic mass is 10.2. The van der Waals surface area contributed by atoms with Crippen LogP contribution in [-0.4, -0.2) is 70.3 Å². The van der Waals surface area contributed by atoms with Crippen LogP contribution >= 0.6 is 0 Å². The first kappa shape index (κ1) is 24.3. The third kappa shape index (κ3) is 6.63. The summed E-state index contributed by atoms with van der Waals surface area (Å²) in [4.78, 5) is 34.7. The van der Waals surface area contributed by atoms with E-state index >= 15 is 0 Å². The molecule has 3 aromatic rings. The van der Waals surface area contributed by atoms with Crippen molar-refractivity contribution >= 4 is 34.9 Å². The standard InChI is InChI=1S/C23H24F3N7O2/c1-15-20-21(31-22(28-15)33-11-3-10-32(2)12-13-33)27-14-18(30-20)29-19(34)9-6-16-4-7-17(8-5-16)35-23(24,25)26/h4-9,14H,3,10-13H2,1-2H3,(H,29,30,34)/b9-6+. The van der Waals surface area contributed by atoms with Crippen molar-refractivity contribution in [1.29, 1.82) is 0 Å². The molecule has 12 heteroatoms. The van der Waals surface area contributed by atoms with Gasteiger partial charge >= 0.3 is 6.36 Å². The van der Waals surface area contributed by atoms with Crippen LogP contribution in [-0.2, 0) is 4.79 Å². The number of alkyl halides is 3. The van der Waals surface area contributed by atoms with Gasteiger partial charge in [-0.25, -0.2) is 15.0 Å². The maximum Gasteiger partial charge on any atom is 0.573 e. The van der Waals surface area contributed by atoms with Crippen LogP contribution in [0.15, 0.2) is 36.5 Å². The van der Waals surface area contributed by atoms with Crippen molar-refractivity contribution in [3.05, 3.63) is 47.8 Å². The lowest BCUT2D eigenvalue weighted by molar-refractivity contribution is -0.274. The van der Waals surface area contributed by atoms with Gasteiger partial charge in [-0.3, -0.25) is 4.79 Å². The first-order valence-corrected chi connectivity index (χ1v) is 11.0. The van der Waals surface area contributed by atoms with Crippen molar-refractivity contribution in [2.24, 2.45) is 0 Å². The van der Waals surface area contributed by atoms with Gasteiger partial charge in [-0.15, -0.1) is 13.2 Å². The van der Waals surface area contributed by atoms with Gasteiger partial charge in [-0.2, -0.15) is 4.98 Å². The van der Waals surface area contributed by atoms with E-state index in [2.05, 4.69) is 46.8 Å². The van der Waals surface area contributed by atoms with Crippen LogP contribution in [0.25, 0.3) is 17.2 Å². The number of halogens is 3. The lowest BCUT2D eigenvalue weighted by Gasteiger charge is -2.21. The number of aryl methyl sites for hydroxylation is 1. The molecule has 1 aliphatic rings. The van der Waals surface area contributed by atoms with Gasteiger partial charge in [0.05, 0.1) is 11.9 Å². The van der Waals surface area contributed by atoms with Crippen molar-refractivity contribution in [3.63, 3.8) is 0 Å². The Morgan fingerprint density at radius 2 is 1.86 bits per heavy atom. The van der Waals surface area contributed by atoms with E-state index in [4.69, 9.17) is 0 Å². The van der Waals surface area contributed by atoms with E-state index in [-0.39, 0.29) is 11.6 Å². The van der Waals surface area contributed by atoms with Gasteiger partial charge in [0.1, 0.15) is 11.3 Å². The summed E-state index contributed by atoms with van der Waals surface area (Å²) in [5.41, 5.74) is 2.11. The van der Waals surface area contributed by atoms with Crippen LogP contribution in [0.3, 0.4) is 0 Å². The summed E-state index contributed by atoms with van der Waals surface area (Å²) >= 11 is 0. The van der Waals surface area contributed by atoms with Crippen LogP contribution < -0.4 is 15.0 Å². The van der Waals surface area contributed by atoms with Crippen molar-refractivity contribution in [3.8, 4) is 5.75 Å². The molecule has 1 aromatic carbocycles. The zero-order valence-corrected chi connectivity index (χ0v) is 19.2. The molecule has 184 valence electrons. The predicted octanol–water partition coefficient (Wildman–Crippen LogP) is 3.42. The molecule has 9 nitrogen and oxygen atoms in total. The number of benzene rings is 1. The molecule has 0 bridgehead atoms. The third-order valence-electron chi connectivity index (χ3n) is 5.36. The number of ether oxygens (including phenoxy) is 1. The summed E-state index contributed by atoms with van der Waals surface area (Å²) in [5, 5.41) is 2.62. The van der Waals surface area contributed by atoms with Gasteiger partial charge in [0.15, 0.2) is 11.5 Å². The number of nitrogens with zero attached hydrogens (tertiary/aromatic N) is 6. The second-order valence-electron chi connectivity index (χ2n) is 8.12. The Labute approximate surface area is 199 Å². The smallest absolute Gasteiger partial charge is 0.406 e. The Morgan fingerprint density at radius 3 is 2.60 bits per heavy atom. The summed E-state index contributed by atoms with van der Waals surface area (Å²) < 4.78 is 40.6. The number of aromatic nitrogens is 4. The molecule has 1 aliphatic heterocycles. The Morgan fingerprint density at radius 1 is 1.09 bits per heavy atom. The van der Waals surface area contributed by atoms with Crippen LogP contribution in [0.5, 0.6) is 5.75 Å². The number of likely N-dealkylation sites (N-methyl/N-ethyl adjacent to an activating group) is 1. The maximum absolute atomic E-state index is 12.3. The molecule has 4 rings (SSSR count). The van der Waals surface area contributed by atoms with Crippen molar-refractivity contribution < 1.29 is 22.7 Å². The highest BCUT2D eigenvalue weighted by Gasteiger charge is 2.30. The topological polar surface area (TPSA) is 96.4 Å². The average Bonchev–Trinajstić information content (AvgIpc) is 3.02. The Kier molecular flexibility index (Phi) is 7.10. The van der Waals surface area contributed by atoms with E-state index in [1.54, 1.807) is 0 Å². The van der Waals surface area contributed by atoms with E-state index in [1.807, 2.05) is 6.92 Å². The molecule has 1 saturated heterocycles. The molecule has 0 aliphatic carbocycles. The van der Waals surface area contributed by atoms with Gasteiger partial charge in [-0.1, -0.05) is 12.1 Å². The molecule has 0 atom stereocenters. The fourth-order valence-electron chi connectivity index (χ4n) is 3.60. The largest absolute Gasteiger partial charge is 0.573 e. The highest BCUT2D eigenvalue weighted by molar-refractivity contribution is 6.01. The zero-order valence-electron chi connectivity index (χ0n) is 19.2. The fourth-order valence-corrected chi connectivity index (χ4v) is 3.60. The van der Waals surface area contributed by atoms with Gasteiger partial charge in [-0.05, 0) is 50.7 Å². The highest BCUT2D eigenvalue weighted by Crippen LogP contribution is 2.23. The van der Waals surface area contributed by atoms with Gasteiger partial charge in [0.2, 0.25) is 11.9 Å². The number of carbonyl (C=O) groups excluding carboxylic acids is 1.